The Morgan fingerprint density at radius 2 is 2.00 bits per heavy atom. The number of nitrogens with one attached hydrogen (secondary N) is 3. The lowest BCUT2D eigenvalue weighted by Crippen LogP contribution is -2.25. The summed E-state index contributed by atoms with van der Waals surface area (Å²) >= 11 is 1.30. The van der Waals surface area contributed by atoms with Gasteiger partial charge in [-0.3, -0.25) is 9.59 Å². The number of amides is 2. The van der Waals surface area contributed by atoms with E-state index in [9.17, 15) is 9.59 Å². The first kappa shape index (κ1) is 18.3. The van der Waals surface area contributed by atoms with Crippen LogP contribution >= 0.6 is 11.3 Å². The van der Waals surface area contributed by atoms with E-state index in [0.29, 0.717) is 41.3 Å². The van der Waals surface area contributed by atoms with Crippen LogP contribution in [0.3, 0.4) is 0 Å². The summed E-state index contributed by atoms with van der Waals surface area (Å²) in [5, 5.41) is 9.61. The van der Waals surface area contributed by atoms with Crippen LogP contribution in [0.4, 0.5) is 5.13 Å². The van der Waals surface area contributed by atoms with Crippen LogP contribution in [0.25, 0.3) is 0 Å². The number of hydrogen-bond donors (Lipinski definition) is 3. The molecule has 1 aromatic carbocycles. The number of methoxy groups -OCH3 is 1. The Morgan fingerprint density at radius 3 is 2.69 bits per heavy atom. The van der Waals surface area contributed by atoms with Crippen molar-refractivity contribution in [1.82, 2.24) is 15.6 Å². The normalized spacial score (nSPS) is 13.3. The van der Waals surface area contributed by atoms with Crippen LogP contribution in [-0.2, 0) is 11.3 Å². The van der Waals surface area contributed by atoms with Gasteiger partial charge in [0, 0.05) is 31.8 Å². The molecule has 0 saturated heterocycles. The predicted octanol–water partition coefficient (Wildman–Crippen LogP) is 2.02. The number of carbonyl (C=O) groups is 2. The van der Waals surface area contributed by atoms with Crippen LogP contribution in [0, 0.1) is 0 Å². The summed E-state index contributed by atoms with van der Waals surface area (Å²) in [5.41, 5.74) is 1.57. The smallest absolute Gasteiger partial charge is 0.263 e. The number of hydrogen-bond acceptors (Lipinski definition) is 6. The molecule has 0 radical (unpaired) electrons. The van der Waals surface area contributed by atoms with Gasteiger partial charge in [0.1, 0.15) is 4.88 Å². The Balaban J connectivity index is 1.47. The largest absolute Gasteiger partial charge is 0.383 e. The summed E-state index contributed by atoms with van der Waals surface area (Å²) in [4.78, 5) is 28.9. The van der Waals surface area contributed by atoms with Crippen molar-refractivity contribution in [3.8, 4) is 0 Å². The summed E-state index contributed by atoms with van der Waals surface area (Å²) in [5.74, 6) is -0.209. The minimum absolute atomic E-state index is 0.0405. The zero-order valence-corrected chi connectivity index (χ0v) is 15.4. The van der Waals surface area contributed by atoms with E-state index in [-0.39, 0.29) is 11.8 Å². The number of anilines is 1. The highest BCUT2D eigenvalue weighted by Crippen LogP contribution is 2.20. The molecule has 138 valence electrons. The highest BCUT2D eigenvalue weighted by molar-refractivity contribution is 7.17. The summed E-state index contributed by atoms with van der Waals surface area (Å²) in [6.45, 7) is 1.62. The SMILES string of the molecule is COCCNc1ncc(C(=O)NCc2ccc(C(=O)NC3CC3)cc2)s1. The summed E-state index contributed by atoms with van der Waals surface area (Å²) in [6, 6.07) is 7.61. The molecule has 26 heavy (non-hydrogen) atoms. The van der Waals surface area contributed by atoms with Crippen LogP contribution in [0.2, 0.25) is 0 Å². The van der Waals surface area contributed by atoms with E-state index in [0.717, 1.165) is 18.4 Å². The second-order valence-corrected chi connectivity index (χ2v) is 7.11. The van der Waals surface area contributed by atoms with Crippen LogP contribution in [0.15, 0.2) is 30.5 Å². The second kappa shape index (κ2) is 8.77. The molecular formula is C18H22N4O3S. The lowest BCUT2D eigenvalue weighted by molar-refractivity contribution is 0.0943. The quantitative estimate of drug-likeness (QED) is 0.584. The van der Waals surface area contributed by atoms with Crippen molar-refractivity contribution in [3.05, 3.63) is 46.5 Å². The van der Waals surface area contributed by atoms with E-state index < -0.39 is 0 Å². The van der Waals surface area contributed by atoms with Crippen LogP contribution in [-0.4, -0.2) is 43.1 Å². The first-order valence-electron chi connectivity index (χ1n) is 8.52. The van der Waals surface area contributed by atoms with Crippen LogP contribution in [0.5, 0.6) is 0 Å². The van der Waals surface area contributed by atoms with Gasteiger partial charge in [-0.05, 0) is 30.5 Å². The van der Waals surface area contributed by atoms with Gasteiger partial charge in [-0.1, -0.05) is 23.5 Å². The van der Waals surface area contributed by atoms with Crippen molar-refractivity contribution >= 4 is 28.3 Å². The molecule has 1 aliphatic rings. The fourth-order valence-corrected chi connectivity index (χ4v) is 3.02. The fourth-order valence-electron chi connectivity index (χ4n) is 2.26. The predicted molar refractivity (Wildman–Crippen MR) is 101 cm³/mol. The van der Waals surface area contributed by atoms with E-state index in [1.54, 1.807) is 25.4 Å². The van der Waals surface area contributed by atoms with Gasteiger partial charge in [-0.2, -0.15) is 0 Å². The number of thiazole rings is 1. The third-order valence-electron chi connectivity index (χ3n) is 3.89. The molecule has 0 atom stereocenters. The van der Waals surface area contributed by atoms with Gasteiger partial charge in [0.05, 0.1) is 12.8 Å². The summed E-state index contributed by atoms with van der Waals surface area (Å²) in [6.07, 6.45) is 3.69. The average Bonchev–Trinajstić information content (AvgIpc) is 3.34. The minimum atomic E-state index is -0.169. The van der Waals surface area contributed by atoms with Crippen LogP contribution in [0.1, 0.15) is 38.4 Å². The molecule has 1 aliphatic carbocycles. The molecule has 0 aliphatic heterocycles. The van der Waals surface area contributed by atoms with Crippen molar-refractivity contribution in [2.75, 3.05) is 25.6 Å². The van der Waals surface area contributed by atoms with E-state index >= 15 is 0 Å². The third-order valence-corrected chi connectivity index (χ3v) is 4.85. The maximum Gasteiger partial charge on any atom is 0.263 e. The van der Waals surface area contributed by atoms with Gasteiger partial charge in [-0.25, -0.2) is 4.98 Å². The van der Waals surface area contributed by atoms with Crippen molar-refractivity contribution in [2.24, 2.45) is 0 Å². The Morgan fingerprint density at radius 1 is 1.23 bits per heavy atom. The van der Waals surface area contributed by atoms with Crippen molar-refractivity contribution < 1.29 is 14.3 Å². The summed E-state index contributed by atoms with van der Waals surface area (Å²) in [7, 11) is 1.63. The minimum Gasteiger partial charge on any atom is -0.383 e. The van der Waals surface area contributed by atoms with Gasteiger partial charge < -0.3 is 20.7 Å². The Kier molecular flexibility index (Phi) is 6.19. The standard InChI is InChI=1S/C18H22N4O3S/c1-25-9-8-19-18-21-11-15(26-18)17(24)20-10-12-2-4-13(5-3-12)16(23)22-14-6-7-14/h2-5,11,14H,6-10H2,1H3,(H,19,21)(H,20,24)(H,22,23). The average molecular weight is 374 g/mol. The molecule has 2 amide bonds. The zero-order chi connectivity index (χ0) is 18.4. The Labute approximate surface area is 156 Å². The monoisotopic (exact) mass is 374 g/mol. The van der Waals surface area contributed by atoms with Gasteiger partial charge in [0.2, 0.25) is 0 Å². The highest BCUT2D eigenvalue weighted by atomic mass is 32.1. The number of ether oxygens (including phenoxy) is 1. The Bertz CT molecular complexity index is 756. The second-order valence-electron chi connectivity index (χ2n) is 6.08. The topological polar surface area (TPSA) is 92.3 Å². The van der Waals surface area contributed by atoms with Gasteiger partial charge in [0.25, 0.3) is 11.8 Å². The number of nitrogens with zero attached hydrogens (tertiary/aromatic N) is 1. The lowest BCUT2D eigenvalue weighted by Gasteiger charge is -2.06. The number of carbonyl (C=O) groups excluding carboxylic acids is 2. The molecule has 1 aromatic heterocycles. The molecule has 1 saturated carbocycles. The van der Waals surface area contributed by atoms with Gasteiger partial charge >= 0.3 is 0 Å². The molecule has 2 aromatic rings. The van der Waals surface area contributed by atoms with Crippen molar-refractivity contribution in [2.45, 2.75) is 25.4 Å². The lowest BCUT2D eigenvalue weighted by atomic mass is 10.1. The zero-order valence-electron chi connectivity index (χ0n) is 14.6. The Hall–Kier alpha value is -2.45. The molecule has 0 unspecified atom stereocenters. The maximum absolute atomic E-state index is 12.2. The van der Waals surface area contributed by atoms with Crippen molar-refractivity contribution in [1.29, 1.82) is 0 Å². The molecule has 0 spiro atoms. The summed E-state index contributed by atoms with van der Waals surface area (Å²) < 4.78 is 4.96. The first-order valence-corrected chi connectivity index (χ1v) is 9.34. The number of benzene rings is 1. The first-order chi connectivity index (χ1) is 12.7. The van der Waals surface area contributed by atoms with E-state index in [1.807, 2.05) is 12.1 Å². The highest BCUT2D eigenvalue weighted by Gasteiger charge is 2.23. The van der Waals surface area contributed by atoms with Crippen LogP contribution < -0.4 is 16.0 Å². The molecule has 8 heteroatoms. The third kappa shape index (κ3) is 5.27. The number of aromatic nitrogens is 1. The molecule has 1 fully saturated rings. The number of rotatable bonds is 9. The molecule has 7 nitrogen and oxygen atoms in total. The van der Waals surface area contributed by atoms with E-state index in [1.165, 1.54) is 11.3 Å². The fraction of sp³-hybridized carbons (Fsp3) is 0.389. The van der Waals surface area contributed by atoms with Gasteiger partial charge in [0.15, 0.2) is 5.13 Å². The molecule has 1 heterocycles. The molecular weight excluding hydrogens is 352 g/mol. The maximum atomic E-state index is 12.2. The molecule has 3 rings (SSSR count). The molecule has 0 bridgehead atoms. The van der Waals surface area contributed by atoms with Gasteiger partial charge in [-0.15, -0.1) is 0 Å². The van der Waals surface area contributed by atoms with E-state index in [4.69, 9.17) is 4.74 Å². The van der Waals surface area contributed by atoms with E-state index in [2.05, 4.69) is 20.9 Å². The van der Waals surface area contributed by atoms with Crippen molar-refractivity contribution in [3.63, 3.8) is 0 Å². The molecule has 3 N–H and O–H groups in total.